The molecular formula is C18H16BrN3OS. The Labute approximate surface area is 152 Å². The number of fused-ring (bicyclic) bond motifs is 1. The van der Waals surface area contributed by atoms with Crippen LogP contribution in [-0.4, -0.2) is 15.5 Å². The molecule has 1 amide bonds. The Kier molecular flexibility index (Phi) is 4.24. The van der Waals surface area contributed by atoms with Crippen molar-refractivity contribution >= 4 is 33.2 Å². The molecular weight excluding hydrogens is 386 g/mol. The van der Waals surface area contributed by atoms with Crippen LogP contribution in [0.2, 0.25) is 0 Å². The van der Waals surface area contributed by atoms with Crippen LogP contribution in [0.1, 0.15) is 39.3 Å². The Morgan fingerprint density at radius 3 is 2.96 bits per heavy atom. The number of hydrogen-bond acceptors (Lipinski definition) is 3. The first-order valence-electron chi connectivity index (χ1n) is 7.83. The van der Waals surface area contributed by atoms with Gasteiger partial charge in [-0.1, -0.05) is 24.3 Å². The van der Waals surface area contributed by atoms with Gasteiger partial charge in [-0.15, -0.1) is 11.3 Å². The monoisotopic (exact) mass is 401 g/mol. The minimum atomic E-state index is -0.0642. The lowest BCUT2D eigenvalue weighted by atomic mass is 9.84. The Balaban J connectivity index is 1.70. The predicted octanol–water partition coefficient (Wildman–Crippen LogP) is 4.37. The van der Waals surface area contributed by atoms with Crippen molar-refractivity contribution in [3.8, 4) is 0 Å². The smallest absolute Gasteiger partial charge is 0.263 e. The number of amides is 1. The van der Waals surface area contributed by atoms with Crippen molar-refractivity contribution in [1.29, 1.82) is 0 Å². The highest BCUT2D eigenvalue weighted by atomic mass is 79.9. The number of carbonyl (C=O) groups is 1. The fraction of sp³-hybridized carbons (Fsp3) is 0.222. The molecule has 3 aromatic rings. The fourth-order valence-electron chi connectivity index (χ4n) is 3.37. The van der Waals surface area contributed by atoms with E-state index >= 15 is 0 Å². The number of benzene rings is 1. The second-order valence-electron chi connectivity index (χ2n) is 5.86. The van der Waals surface area contributed by atoms with Crippen molar-refractivity contribution in [1.82, 2.24) is 14.9 Å². The van der Waals surface area contributed by atoms with Gasteiger partial charge in [0.1, 0.15) is 4.88 Å². The second-order valence-corrected chi connectivity index (χ2v) is 7.63. The third-order valence-corrected chi connectivity index (χ3v) is 6.34. The van der Waals surface area contributed by atoms with Crippen LogP contribution in [-0.2, 0) is 6.42 Å². The van der Waals surface area contributed by atoms with Gasteiger partial charge >= 0.3 is 0 Å². The van der Waals surface area contributed by atoms with E-state index in [9.17, 15) is 4.79 Å². The summed E-state index contributed by atoms with van der Waals surface area (Å²) in [5.41, 5.74) is 2.51. The Morgan fingerprint density at radius 1 is 1.33 bits per heavy atom. The molecule has 24 heavy (non-hydrogen) atoms. The molecule has 0 unspecified atom stereocenters. The van der Waals surface area contributed by atoms with Crippen LogP contribution in [0.3, 0.4) is 0 Å². The molecule has 2 heterocycles. The summed E-state index contributed by atoms with van der Waals surface area (Å²) in [5.74, 6) is -0.0382. The van der Waals surface area contributed by atoms with E-state index in [-0.39, 0.29) is 18.0 Å². The van der Waals surface area contributed by atoms with E-state index in [0.29, 0.717) is 4.88 Å². The minimum Gasteiger partial charge on any atom is -0.342 e. The number of thiophene rings is 1. The maximum atomic E-state index is 12.8. The van der Waals surface area contributed by atoms with E-state index in [2.05, 4.69) is 49.0 Å². The van der Waals surface area contributed by atoms with Crippen molar-refractivity contribution in [2.45, 2.75) is 24.9 Å². The molecule has 0 saturated heterocycles. The number of halogens is 1. The number of carbonyl (C=O) groups excluding carboxylic acids is 1. The van der Waals surface area contributed by atoms with Gasteiger partial charge in [0.15, 0.2) is 0 Å². The van der Waals surface area contributed by atoms with Crippen molar-refractivity contribution in [3.05, 3.63) is 74.9 Å². The molecule has 1 aromatic carbocycles. The molecule has 0 spiro atoms. The second kappa shape index (κ2) is 6.53. The number of aromatic nitrogens is 2. The molecule has 122 valence electrons. The summed E-state index contributed by atoms with van der Waals surface area (Å²) < 4.78 is 2.94. The lowest BCUT2D eigenvalue weighted by Gasteiger charge is -2.35. The Hall–Kier alpha value is -1.92. The maximum absolute atomic E-state index is 12.8. The van der Waals surface area contributed by atoms with E-state index in [1.807, 2.05) is 30.0 Å². The van der Waals surface area contributed by atoms with Crippen LogP contribution in [0.5, 0.6) is 0 Å². The van der Waals surface area contributed by atoms with Crippen molar-refractivity contribution in [3.63, 3.8) is 0 Å². The molecule has 0 bridgehead atoms. The average Bonchev–Trinajstić information content (AvgIpc) is 3.26. The van der Waals surface area contributed by atoms with E-state index in [4.69, 9.17) is 0 Å². The lowest BCUT2D eigenvalue weighted by molar-refractivity contribution is 0.0921. The quantitative estimate of drug-likeness (QED) is 0.708. The molecule has 6 heteroatoms. The van der Waals surface area contributed by atoms with Gasteiger partial charge in [-0.2, -0.15) is 0 Å². The fourth-order valence-corrected chi connectivity index (χ4v) is 4.82. The van der Waals surface area contributed by atoms with Gasteiger partial charge in [0.05, 0.1) is 18.4 Å². The highest BCUT2D eigenvalue weighted by Gasteiger charge is 2.32. The first-order chi connectivity index (χ1) is 11.7. The molecule has 0 aliphatic heterocycles. The summed E-state index contributed by atoms with van der Waals surface area (Å²) in [7, 11) is 0. The van der Waals surface area contributed by atoms with Gasteiger partial charge in [-0.25, -0.2) is 4.98 Å². The Morgan fingerprint density at radius 2 is 2.21 bits per heavy atom. The summed E-state index contributed by atoms with van der Waals surface area (Å²) in [6.07, 6.45) is 7.57. The van der Waals surface area contributed by atoms with Crippen molar-refractivity contribution < 1.29 is 4.79 Å². The van der Waals surface area contributed by atoms with Crippen LogP contribution >= 0.6 is 27.3 Å². The number of hydrogen-bond donors (Lipinski definition) is 1. The molecule has 2 atom stereocenters. The molecule has 1 aliphatic carbocycles. The molecule has 4 rings (SSSR count). The number of nitrogens with zero attached hydrogens (tertiary/aromatic N) is 2. The van der Waals surface area contributed by atoms with Gasteiger partial charge in [0.25, 0.3) is 5.91 Å². The standard InChI is InChI=1S/C18H16BrN3OS/c19-14-7-10-24-17(14)18(23)21-16-13-4-2-1-3-12(13)5-6-15(16)22-9-8-20-11-22/h1-4,7-11,15-16H,5-6H2,(H,21,23)/t15-,16+/m1/s1. The molecule has 0 fully saturated rings. The van der Waals surface area contributed by atoms with Gasteiger partial charge in [0.2, 0.25) is 0 Å². The molecule has 0 saturated carbocycles. The van der Waals surface area contributed by atoms with Crippen LogP contribution < -0.4 is 5.32 Å². The number of nitrogens with one attached hydrogen (secondary N) is 1. The summed E-state index contributed by atoms with van der Waals surface area (Å²) in [6, 6.07) is 10.4. The summed E-state index contributed by atoms with van der Waals surface area (Å²) in [4.78, 5) is 17.7. The number of aryl methyl sites for hydroxylation is 1. The average molecular weight is 402 g/mol. The van der Waals surface area contributed by atoms with E-state index in [1.54, 1.807) is 6.20 Å². The summed E-state index contributed by atoms with van der Waals surface area (Å²) >= 11 is 4.90. The molecule has 4 nitrogen and oxygen atoms in total. The van der Waals surface area contributed by atoms with Crippen LogP contribution in [0.15, 0.2) is 58.9 Å². The normalized spacial score (nSPS) is 19.7. The topological polar surface area (TPSA) is 46.9 Å². The van der Waals surface area contributed by atoms with Crippen LogP contribution in [0.4, 0.5) is 0 Å². The van der Waals surface area contributed by atoms with Gasteiger partial charge in [0, 0.05) is 16.9 Å². The van der Waals surface area contributed by atoms with E-state index in [0.717, 1.165) is 17.3 Å². The predicted molar refractivity (Wildman–Crippen MR) is 98.3 cm³/mol. The summed E-state index contributed by atoms with van der Waals surface area (Å²) in [5, 5.41) is 5.17. The first-order valence-corrected chi connectivity index (χ1v) is 9.50. The third-order valence-electron chi connectivity index (χ3n) is 4.50. The number of rotatable bonds is 3. The largest absolute Gasteiger partial charge is 0.342 e. The molecule has 1 N–H and O–H groups in total. The van der Waals surface area contributed by atoms with Crippen molar-refractivity contribution in [2.75, 3.05) is 0 Å². The lowest BCUT2D eigenvalue weighted by Crippen LogP contribution is -2.37. The molecule has 2 aromatic heterocycles. The van der Waals surface area contributed by atoms with Crippen molar-refractivity contribution in [2.24, 2.45) is 0 Å². The third kappa shape index (κ3) is 2.80. The molecule has 0 radical (unpaired) electrons. The van der Waals surface area contributed by atoms with E-state index in [1.165, 1.54) is 22.5 Å². The van der Waals surface area contributed by atoms with Gasteiger partial charge in [-0.05, 0) is 51.3 Å². The zero-order valence-electron chi connectivity index (χ0n) is 12.9. The molecule has 1 aliphatic rings. The minimum absolute atomic E-state index is 0.0382. The zero-order valence-corrected chi connectivity index (χ0v) is 15.3. The van der Waals surface area contributed by atoms with Gasteiger partial charge in [-0.3, -0.25) is 4.79 Å². The Bertz CT molecular complexity index is 859. The SMILES string of the molecule is O=C(N[C@H]1c2ccccc2CC[C@H]1n1ccnc1)c1sccc1Br. The first kappa shape index (κ1) is 15.6. The highest BCUT2D eigenvalue weighted by Crippen LogP contribution is 2.38. The summed E-state index contributed by atoms with van der Waals surface area (Å²) in [6.45, 7) is 0. The highest BCUT2D eigenvalue weighted by molar-refractivity contribution is 9.10. The number of imidazole rings is 1. The maximum Gasteiger partial charge on any atom is 0.263 e. The zero-order chi connectivity index (χ0) is 16.5. The van der Waals surface area contributed by atoms with E-state index < -0.39 is 0 Å². The van der Waals surface area contributed by atoms with Crippen LogP contribution in [0, 0.1) is 0 Å². The van der Waals surface area contributed by atoms with Crippen LogP contribution in [0.25, 0.3) is 0 Å². The van der Waals surface area contributed by atoms with Gasteiger partial charge < -0.3 is 9.88 Å².